The van der Waals surface area contributed by atoms with Crippen molar-refractivity contribution in [3.8, 4) is 0 Å². The third-order valence-corrected chi connectivity index (χ3v) is 3.71. The van der Waals surface area contributed by atoms with Gasteiger partial charge in [0, 0.05) is 18.1 Å². The van der Waals surface area contributed by atoms with E-state index in [2.05, 4.69) is 29.4 Å². The maximum atomic E-state index is 4.18. The average Bonchev–Trinajstić information content (AvgIpc) is 2.66. The summed E-state index contributed by atoms with van der Waals surface area (Å²) in [6.07, 6.45) is 3.10. The van der Waals surface area contributed by atoms with Crippen LogP contribution in [0.25, 0.3) is 0 Å². The molecular formula is C11H19N3S. The maximum absolute atomic E-state index is 4.18. The standard InChI is InChI=1S/C11H19N3S/c1-8(2)5-9-6-13-14-11(9)10-7-15-4-3-12-10/h6,8,10,12H,3-5,7H2,1-2H3,(H,13,14). The van der Waals surface area contributed by atoms with Crippen molar-refractivity contribution < 1.29 is 0 Å². The molecule has 4 heteroatoms. The molecule has 0 spiro atoms. The van der Waals surface area contributed by atoms with Crippen LogP contribution in [0.3, 0.4) is 0 Å². The fourth-order valence-electron chi connectivity index (χ4n) is 1.98. The first-order chi connectivity index (χ1) is 7.27. The predicted octanol–water partition coefficient (Wildman–Crippen LogP) is 1.99. The second-order valence-corrected chi connectivity index (χ2v) is 5.64. The summed E-state index contributed by atoms with van der Waals surface area (Å²) in [6.45, 7) is 5.61. The van der Waals surface area contributed by atoms with Crippen molar-refractivity contribution in [2.75, 3.05) is 18.1 Å². The van der Waals surface area contributed by atoms with E-state index in [4.69, 9.17) is 0 Å². The van der Waals surface area contributed by atoms with Crippen molar-refractivity contribution in [3.05, 3.63) is 17.5 Å². The molecule has 1 atom stereocenters. The molecular weight excluding hydrogens is 206 g/mol. The lowest BCUT2D eigenvalue weighted by Crippen LogP contribution is -2.31. The number of nitrogens with zero attached hydrogens (tertiary/aromatic N) is 1. The molecule has 1 saturated heterocycles. The van der Waals surface area contributed by atoms with E-state index >= 15 is 0 Å². The van der Waals surface area contributed by atoms with Gasteiger partial charge in [0.15, 0.2) is 0 Å². The van der Waals surface area contributed by atoms with Gasteiger partial charge in [0.2, 0.25) is 0 Å². The zero-order valence-corrected chi connectivity index (χ0v) is 10.2. The third kappa shape index (κ3) is 2.75. The zero-order valence-electron chi connectivity index (χ0n) is 9.42. The van der Waals surface area contributed by atoms with Crippen molar-refractivity contribution in [2.24, 2.45) is 5.92 Å². The van der Waals surface area contributed by atoms with E-state index in [1.165, 1.54) is 17.0 Å². The molecule has 2 rings (SSSR count). The fourth-order valence-corrected chi connectivity index (χ4v) is 2.93. The smallest absolute Gasteiger partial charge is 0.0584 e. The molecule has 84 valence electrons. The number of aromatic amines is 1. The van der Waals surface area contributed by atoms with Crippen molar-refractivity contribution in [3.63, 3.8) is 0 Å². The molecule has 1 aliphatic rings. The van der Waals surface area contributed by atoms with Crippen molar-refractivity contribution in [2.45, 2.75) is 26.3 Å². The Bertz CT molecular complexity index is 303. The van der Waals surface area contributed by atoms with E-state index < -0.39 is 0 Å². The molecule has 2 heterocycles. The average molecular weight is 225 g/mol. The molecule has 1 aromatic rings. The van der Waals surface area contributed by atoms with Crippen LogP contribution in [-0.4, -0.2) is 28.2 Å². The fraction of sp³-hybridized carbons (Fsp3) is 0.727. The summed E-state index contributed by atoms with van der Waals surface area (Å²) in [5.41, 5.74) is 2.68. The molecule has 0 aliphatic carbocycles. The molecule has 15 heavy (non-hydrogen) atoms. The molecule has 1 aromatic heterocycles. The van der Waals surface area contributed by atoms with Gasteiger partial charge < -0.3 is 5.32 Å². The normalized spacial score (nSPS) is 22.2. The monoisotopic (exact) mass is 225 g/mol. The van der Waals surface area contributed by atoms with Crippen molar-refractivity contribution >= 4 is 11.8 Å². The highest BCUT2D eigenvalue weighted by Gasteiger charge is 2.19. The van der Waals surface area contributed by atoms with Crippen LogP contribution in [0.2, 0.25) is 0 Å². The van der Waals surface area contributed by atoms with Gasteiger partial charge in [0.25, 0.3) is 0 Å². The highest BCUT2D eigenvalue weighted by molar-refractivity contribution is 7.99. The molecule has 0 amide bonds. The quantitative estimate of drug-likeness (QED) is 0.826. The zero-order chi connectivity index (χ0) is 10.7. The first kappa shape index (κ1) is 11.0. The Morgan fingerprint density at radius 2 is 2.47 bits per heavy atom. The highest BCUT2D eigenvalue weighted by Crippen LogP contribution is 2.24. The van der Waals surface area contributed by atoms with Crippen LogP contribution in [0.1, 0.15) is 31.1 Å². The van der Waals surface area contributed by atoms with E-state index in [0.29, 0.717) is 12.0 Å². The summed E-state index contributed by atoms with van der Waals surface area (Å²) in [5.74, 6) is 3.08. The van der Waals surface area contributed by atoms with Crippen LogP contribution in [0, 0.1) is 5.92 Å². The number of aromatic nitrogens is 2. The first-order valence-corrected chi connectivity index (χ1v) is 6.76. The Morgan fingerprint density at radius 3 is 3.13 bits per heavy atom. The van der Waals surface area contributed by atoms with E-state index in [0.717, 1.165) is 18.7 Å². The van der Waals surface area contributed by atoms with E-state index in [1.54, 1.807) is 0 Å². The number of hydrogen-bond donors (Lipinski definition) is 2. The van der Waals surface area contributed by atoms with Crippen molar-refractivity contribution in [1.29, 1.82) is 0 Å². The maximum Gasteiger partial charge on any atom is 0.0584 e. The third-order valence-electron chi connectivity index (χ3n) is 2.65. The van der Waals surface area contributed by atoms with E-state index in [1.807, 2.05) is 18.0 Å². The van der Waals surface area contributed by atoms with Gasteiger partial charge in [-0.3, -0.25) is 5.10 Å². The summed E-state index contributed by atoms with van der Waals surface area (Å²) in [6, 6.07) is 0.472. The van der Waals surface area contributed by atoms with Crippen LogP contribution < -0.4 is 5.32 Å². The topological polar surface area (TPSA) is 40.7 Å². The number of H-pyrrole nitrogens is 1. The summed E-state index contributed by atoms with van der Waals surface area (Å²) in [5, 5.41) is 10.9. The summed E-state index contributed by atoms with van der Waals surface area (Å²) in [7, 11) is 0. The minimum absolute atomic E-state index is 0.472. The minimum atomic E-state index is 0.472. The van der Waals surface area contributed by atoms with Gasteiger partial charge in [-0.25, -0.2) is 0 Å². The molecule has 0 bridgehead atoms. The van der Waals surface area contributed by atoms with Crippen LogP contribution >= 0.6 is 11.8 Å². The van der Waals surface area contributed by atoms with E-state index in [9.17, 15) is 0 Å². The van der Waals surface area contributed by atoms with Crippen molar-refractivity contribution in [1.82, 2.24) is 15.5 Å². The predicted molar refractivity (Wildman–Crippen MR) is 65.2 cm³/mol. The number of hydrogen-bond acceptors (Lipinski definition) is 3. The van der Waals surface area contributed by atoms with Crippen LogP contribution in [-0.2, 0) is 6.42 Å². The SMILES string of the molecule is CC(C)Cc1cn[nH]c1C1CSCCN1. The van der Waals surface area contributed by atoms with Crippen LogP contribution in [0.5, 0.6) is 0 Å². The number of thioether (sulfide) groups is 1. The summed E-state index contributed by atoms with van der Waals surface area (Å²) in [4.78, 5) is 0. The van der Waals surface area contributed by atoms with Gasteiger partial charge in [-0.2, -0.15) is 16.9 Å². The summed E-state index contributed by atoms with van der Waals surface area (Å²) < 4.78 is 0. The molecule has 0 radical (unpaired) electrons. The van der Waals surface area contributed by atoms with Gasteiger partial charge in [0.05, 0.1) is 17.9 Å². The lowest BCUT2D eigenvalue weighted by atomic mass is 10.0. The lowest BCUT2D eigenvalue weighted by Gasteiger charge is -2.23. The Hall–Kier alpha value is -0.480. The molecule has 1 unspecified atom stereocenters. The molecule has 0 saturated carbocycles. The van der Waals surface area contributed by atoms with Gasteiger partial charge in [0.1, 0.15) is 0 Å². The molecule has 3 nitrogen and oxygen atoms in total. The Kier molecular flexibility index (Phi) is 3.70. The Labute approximate surface area is 95.4 Å². The molecule has 1 fully saturated rings. The van der Waals surface area contributed by atoms with Crippen LogP contribution in [0.15, 0.2) is 6.20 Å². The minimum Gasteiger partial charge on any atom is -0.307 e. The van der Waals surface area contributed by atoms with Gasteiger partial charge in [-0.05, 0) is 17.9 Å². The van der Waals surface area contributed by atoms with Gasteiger partial charge in [-0.1, -0.05) is 13.8 Å². The second-order valence-electron chi connectivity index (χ2n) is 4.49. The summed E-state index contributed by atoms with van der Waals surface area (Å²) >= 11 is 2.02. The lowest BCUT2D eigenvalue weighted by molar-refractivity contribution is 0.565. The van der Waals surface area contributed by atoms with Gasteiger partial charge >= 0.3 is 0 Å². The molecule has 1 aliphatic heterocycles. The Balaban J connectivity index is 2.09. The first-order valence-electron chi connectivity index (χ1n) is 5.60. The second kappa shape index (κ2) is 5.03. The number of rotatable bonds is 3. The largest absolute Gasteiger partial charge is 0.307 e. The Morgan fingerprint density at radius 1 is 1.60 bits per heavy atom. The van der Waals surface area contributed by atoms with E-state index in [-0.39, 0.29) is 0 Å². The van der Waals surface area contributed by atoms with Gasteiger partial charge in [-0.15, -0.1) is 0 Å². The molecule has 2 N–H and O–H groups in total. The highest BCUT2D eigenvalue weighted by atomic mass is 32.2. The number of nitrogens with one attached hydrogen (secondary N) is 2. The van der Waals surface area contributed by atoms with Crippen LogP contribution in [0.4, 0.5) is 0 Å². The molecule has 0 aromatic carbocycles.